The minimum Gasteiger partial charge on any atom is -0.366 e. The highest BCUT2D eigenvalue weighted by atomic mass is 15.2. The van der Waals surface area contributed by atoms with Crippen molar-refractivity contribution < 1.29 is 0 Å². The van der Waals surface area contributed by atoms with Gasteiger partial charge in [-0.1, -0.05) is 25.1 Å². The van der Waals surface area contributed by atoms with E-state index < -0.39 is 0 Å². The van der Waals surface area contributed by atoms with Crippen LogP contribution in [0.3, 0.4) is 0 Å². The quantitative estimate of drug-likeness (QED) is 0.864. The number of anilines is 1. The third-order valence-electron chi connectivity index (χ3n) is 3.96. The molecule has 2 heteroatoms. The second kappa shape index (κ2) is 5.09. The Morgan fingerprint density at radius 3 is 2.71 bits per heavy atom. The van der Waals surface area contributed by atoms with Gasteiger partial charge < -0.3 is 10.6 Å². The van der Waals surface area contributed by atoms with E-state index in [0.717, 1.165) is 0 Å². The maximum absolute atomic E-state index is 6.09. The van der Waals surface area contributed by atoms with E-state index in [1.54, 1.807) is 0 Å². The lowest BCUT2D eigenvalue weighted by molar-refractivity contribution is 0.622. The van der Waals surface area contributed by atoms with Crippen molar-refractivity contribution in [2.75, 3.05) is 4.90 Å². The number of hydrogen-bond donors (Lipinski definition) is 1. The molecule has 1 heterocycles. The minimum atomic E-state index is 0.108. The highest BCUT2D eigenvalue weighted by molar-refractivity contribution is 5.57. The lowest BCUT2D eigenvalue weighted by Crippen LogP contribution is -2.35. The van der Waals surface area contributed by atoms with Gasteiger partial charge >= 0.3 is 0 Å². The molecule has 1 fully saturated rings. The zero-order chi connectivity index (χ0) is 12.4. The molecule has 1 saturated heterocycles. The fraction of sp³-hybridized carbons (Fsp3) is 0.600. The first-order valence-corrected chi connectivity index (χ1v) is 6.78. The van der Waals surface area contributed by atoms with Gasteiger partial charge in [-0.05, 0) is 44.7 Å². The number of rotatable bonds is 3. The van der Waals surface area contributed by atoms with Crippen LogP contribution in [0.15, 0.2) is 24.3 Å². The Hall–Kier alpha value is -1.02. The summed E-state index contributed by atoms with van der Waals surface area (Å²) in [6.07, 6.45) is 3.83. The fourth-order valence-corrected chi connectivity index (χ4v) is 3.01. The van der Waals surface area contributed by atoms with Crippen LogP contribution < -0.4 is 10.6 Å². The van der Waals surface area contributed by atoms with Crippen molar-refractivity contribution in [1.82, 2.24) is 0 Å². The standard InChI is InChI=1S/C15H24N2/c1-4-13-10-9-11(2)17(13)15-8-6-5-7-14(15)12(3)16/h5-8,11-13H,4,9-10,16H2,1-3H3/t11?,12-,13?/m0/s1. The minimum absolute atomic E-state index is 0.108. The highest BCUT2D eigenvalue weighted by Crippen LogP contribution is 2.35. The Balaban J connectivity index is 2.38. The lowest BCUT2D eigenvalue weighted by atomic mass is 10.0. The molecule has 0 amide bonds. The van der Waals surface area contributed by atoms with Crippen LogP contribution in [0.5, 0.6) is 0 Å². The van der Waals surface area contributed by atoms with Crippen LogP contribution in [0.2, 0.25) is 0 Å². The van der Waals surface area contributed by atoms with Crippen LogP contribution in [0.4, 0.5) is 5.69 Å². The Bertz CT molecular complexity index is 373. The van der Waals surface area contributed by atoms with Gasteiger partial charge in [0, 0.05) is 23.8 Å². The van der Waals surface area contributed by atoms with E-state index in [0.29, 0.717) is 12.1 Å². The smallest absolute Gasteiger partial charge is 0.0419 e. The van der Waals surface area contributed by atoms with E-state index in [2.05, 4.69) is 49.9 Å². The summed E-state index contributed by atoms with van der Waals surface area (Å²) in [6, 6.07) is 10.0. The van der Waals surface area contributed by atoms with Gasteiger partial charge in [-0.15, -0.1) is 0 Å². The lowest BCUT2D eigenvalue weighted by Gasteiger charge is -2.33. The van der Waals surface area contributed by atoms with Gasteiger partial charge in [-0.25, -0.2) is 0 Å². The molecule has 2 rings (SSSR count). The van der Waals surface area contributed by atoms with Crippen molar-refractivity contribution in [2.45, 2.75) is 58.2 Å². The van der Waals surface area contributed by atoms with Gasteiger partial charge in [0.25, 0.3) is 0 Å². The Morgan fingerprint density at radius 2 is 2.06 bits per heavy atom. The van der Waals surface area contributed by atoms with Crippen LogP contribution in [0.25, 0.3) is 0 Å². The maximum Gasteiger partial charge on any atom is 0.0419 e. The molecule has 0 aliphatic carbocycles. The third kappa shape index (κ3) is 2.32. The van der Waals surface area contributed by atoms with Crippen LogP contribution in [0.1, 0.15) is 51.6 Å². The van der Waals surface area contributed by atoms with E-state index in [1.807, 2.05) is 0 Å². The molecule has 0 spiro atoms. The van der Waals surface area contributed by atoms with Crippen LogP contribution in [-0.4, -0.2) is 12.1 Å². The molecule has 1 aliphatic rings. The number of nitrogens with two attached hydrogens (primary N) is 1. The molecule has 3 atom stereocenters. The van der Waals surface area contributed by atoms with Gasteiger partial charge in [0.15, 0.2) is 0 Å². The van der Waals surface area contributed by atoms with Gasteiger partial charge in [-0.3, -0.25) is 0 Å². The summed E-state index contributed by atoms with van der Waals surface area (Å²) < 4.78 is 0. The predicted octanol–water partition coefficient (Wildman–Crippen LogP) is 3.47. The van der Waals surface area contributed by atoms with Crippen molar-refractivity contribution in [2.24, 2.45) is 5.73 Å². The molecule has 2 unspecified atom stereocenters. The highest BCUT2D eigenvalue weighted by Gasteiger charge is 2.30. The first-order chi connectivity index (χ1) is 8.15. The molecular weight excluding hydrogens is 208 g/mol. The van der Waals surface area contributed by atoms with E-state index >= 15 is 0 Å². The Morgan fingerprint density at radius 1 is 1.35 bits per heavy atom. The van der Waals surface area contributed by atoms with Gasteiger partial charge in [0.1, 0.15) is 0 Å². The van der Waals surface area contributed by atoms with Crippen molar-refractivity contribution in [3.05, 3.63) is 29.8 Å². The van der Waals surface area contributed by atoms with E-state index in [-0.39, 0.29) is 6.04 Å². The summed E-state index contributed by atoms with van der Waals surface area (Å²) in [5.74, 6) is 0. The fourth-order valence-electron chi connectivity index (χ4n) is 3.01. The normalized spacial score (nSPS) is 26.2. The average Bonchev–Trinajstić information content (AvgIpc) is 2.70. The molecule has 0 saturated carbocycles. The van der Waals surface area contributed by atoms with Crippen molar-refractivity contribution in [3.63, 3.8) is 0 Å². The van der Waals surface area contributed by atoms with Gasteiger partial charge in [0.2, 0.25) is 0 Å². The number of hydrogen-bond acceptors (Lipinski definition) is 2. The molecule has 0 bridgehead atoms. The van der Waals surface area contributed by atoms with Crippen molar-refractivity contribution in [1.29, 1.82) is 0 Å². The summed E-state index contributed by atoms with van der Waals surface area (Å²) in [5.41, 5.74) is 8.71. The maximum atomic E-state index is 6.09. The second-order valence-electron chi connectivity index (χ2n) is 5.24. The Kier molecular flexibility index (Phi) is 3.72. The molecule has 17 heavy (non-hydrogen) atoms. The van der Waals surface area contributed by atoms with Crippen LogP contribution >= 0.6 is 0 Å². The van der Waals surface area contributed by atoms with Crippen LogP contribution in [-0.2, 0) is 0 Å². The topological polar surface area (TPSA) is 29.3 Å². The first kappa shape index (κ1) is 12.4. The molecule has 0 radical (unpaired) electrons. The van der Waals surface area contributed by atoms with Crippen LogP contribution in [0, 0.1) is 0 Å². The number of para-hydroxylation sites is 1. The molecule has 94 valence electrons. The largest absolute Gasteiger partial charge is 0.366 e. The third-order valence-corrected chi connectivity index (χ3v) is 3.96. The molecule has 1 aromatic carbocycles. The summed E-state index contributed by atoms with van der Waals surface area (Å²) in [7, 11) is 0. The SMILES string of the molecule is CCC1CCC(C)N1c1ccccc1[C@H](C)N. The molecule has 1 aromatic rings. The summed E-state index contributed by atoms with van der Waals surface area (Å²) in [5, 5.41) is 0. The number of benzene rings is 1. The van der Waals surface area contributed by atoms with E-state index in [1.165, 1.54) is 30.5 Å². The molecular formula is C15H24N2. The molecule has 0 aromatic heterocycles. The van der Waals surface area contributed by atoms with Crippen molar-refractivity contribution >= 4 is 5.69 Å². The Labute approximate surface area is 105 Å². The summed E-state index contributed by atoms with van der Waals surface area (Å²) >= 11 is 0. The number of nitrogens with zero attached hydrogens (tertiary/aromatic N) is 1. The second-order valence-corrected chi connectivity index (χ2v) is 5.24. The van der Waals surface area contributed by atoms with E-state index in [9.17, 15) is 0 Å². The first-order valence-electron chi connectivity index (χ1n) is 6.78. The summed E-state index contributed by atoms with van der Waals surface area (Å²) in [4.78, 5) is 2.58. The van der Waals surface area contributed by atoms with E-state index in [4.69, 9.17) is 5.73 Å². The zero-order valence-corrected chi connectivity index (χ0v) is 11.2. The molecule has 2 nitrogen and oxygen atoms in total. The van der Waals surface area contributed by atoms with Gasteiger partial charge in [0.05, 0.1) is 0 Å². The zero-order valence-electron chi connectivity index (χ0n) is 11.2. The monoisotopic (exact) mass is 232 g/mol. The molecule has 1 aliphatic heterocycles. The molecule has 2 N–H and O–H groups in total. The van der Waals surface area contributed by atoms with Gasteiger partial charge in [-0.2, -0.15) is 0 Å². The van der Waals surface area contributed by atoms with Crippen molar-refractivity contribution in [3.8, 4) is 0 Å². The predicted molar refractivity (Wildman–Crippen MR) is 74.3 cm³/mol. The average molecular weight is 232 g/mol. The summed E-state index contributed by atoms with van der Waals surface area (Å²) in [6.45, 7) is 6.68.